The summed E-state index contributed by atoms with van der Waals surface area (Å²) < 4.78 is 27.5. The van der Waals surface area contributed by atoms with Gasteiger partial charge in [0.1, 0.15) is 11.6 Å². The summed E-state index contributed by atoms with van der Waals surface area (Å²) in [7, 11) is 0. The summed E-state index contributed by atoms with van der Waals surface area (Å²) in [5, 5.41) is 15.3. The maximum Gasteiger partial charge on any atom is 0.227 e. The molecular formula is C27H36FN3O3. The van der Waals surface area contributed by atoms with Crippen LogP contribution in [0.4, 0.5) is 4.39 Å². The summed E-state index contributed by atoms with van der Waals surface area (Å²) in [6, 6.07) is 15.8. The van der Waals surface area contributed by atoms with E-state index < -0.39 is 6.10 Å². The average molecular weight is 470 g/mol. The van der Waals surface area contributed by atoms with Gasteiger partial charge in [0, 0.05) is 25.7 Å². The molecule has 34 heavy (non-hydrogen) atoms. The first kappa shape index (κ1) is 25.9. The van der Waals surface area contributed by atoms with Gasteiger partial charge in [0.25, 0.3) is 0 Å². The zero-order valence-electron chi connectivity index (χ0n) is 20.7. The number of ether oxygens (including phenoxy) is 2. The minimum atomic E-state index is -0.613. The van der Waals surface area contributed by atoms with Crippen molar-refractivity contribution in [3.8, 4) is 17.3 Å². The third-order valence-corrected chi connectivity index (χ3v) is 5.24. The third-order valence-electron chi connectivity index (χ3n) is 5.24. The molecule has 1 N–H and O–H groups in total. The molecule has 0 saturated heterocycles. The number of nitrogens with zero attached hydrogens (tertiary/aromatic N) is 3. The second-order valence-electron chi connectivity index (χ2n) is 9.30. The van der Waals surface area contributed by atoms with Gasteiger partial charge in [-0.1, -0.05) is 38.1 Å². The van der Waals surface area contributed by atoms with E-state index >= 15 is 0 Å². The Morgan fingerprint density at radius 2 is 1.76 bits per heavy atom. The van der Waals surface area contributed by atoms with Gasteiger partial charge in [-0.3, -0.25) is 4.90 Å². The predicted molar refractivity (Wildman–Crippen MR) is 132 cm³/mol. The van der Waals surface area contributed by atoms with E-state index in [4.69, 9.17) is 14.6 Å². The summed E-state index contributed by atoms with van der Waals surface area (Å²) in [4.78, 5) is 2.19. The minimum absolute atomic E-state index is 0.0609. The lowest BCUT2D eigenvalue weighted by atomic mass is 10.1. The van der Waals surface area contributed by atoms with E-state index in [1.165, 1.54) is 12.1 Å². The van der Waals surface area contributed by atoms with Gasteiger partial charge in [0.2, 0.25) is 5.88 Å². The fourth-order valence-corrected chi connectivity index (χ4v) is 3.81. The highest BCUT2D eigenvalue weighted by atomic mass is 19.1. The third kappa shape index (κ3) is 7.38. The molecule has 0 aliphatic carbocycles. The lowest BCUT2D eigenvalue weighted by Crippen LogP contribution is -2.37. The Labute approximate surface area is 201 Å². The Balaban J connectivity index is 1.95. The molecule has 1 aromatic heterocycles. The summed E-state index contributed by atoms with van der Waals surface area (Å²) in [5.74, 6) is 0.974. The van der Waals surface area contributed by atoms with E-state index in [2.05, 4.69) is 18.7 Å². The van der Waals surface area contributed by atoms with Gasteiger partial charge in [0.15, 0.2) is 0 Å². The number of aromatic nitrogens is 2. The Bertz CT molecular complexity index is 1040. The molecule has 3 rings (SSSR count). The zero-order chi connectivity index (χ0) is 24.7. The van der Waals surface area contributed by atoms with E-state index in [9.17, 15) is 9.50 Å². The largest absolute Gasteiger partial charge is 0.438 e. The fraction of sp³-hybridized carbons (Fsp3) is 0.444. The lowest BCUT2D eigenvalue weighted by molar-refractivity contribution is -0.0109. The van der Waals surface area contributed by atoms with Crippen LogP contribution in [0.3, 0.4) is 0 Å². The number of halogens is 1. The molecule has 3 aromatic rings. The highest BCUT2D eigenvalue weighted by Gasteiger charge is 2.23. The van der Waals surface area contributed by atoms with Gasteiger partial charge in [0.05, 0.1) is 35.8 Å². The van der Waals surface area contributed by atoms with Crippen LogP contribution in [0.1, 0.15) is 39.0 Å². The number of aryl methyl sites for hydroxylation is 1. The molecule has 0 amide bonds. The summed E-state index contributed by atoms with van der Waals surface area (Å²) in [6.07, 6.45) is -0.552. The second kappa shape index (κ2) is 12.1. The average Bonchev–Trinajstić information content (AvgIpc) is 3.07. The van der Waals surface area contributed by atoms with Crippen molar-refractivity contribution >= 4 is 0 Å². The normalized spacial score (nSPS) is 12.6. The second-order valence-corrected chi connectivity index (χ2v) is 9.30. The van der Waals surface area contributed by atoms with Crippen molar-refractivity contribution in [2.75, 3.05) is 19.7 Å². The van der Waals surface area contributed by atoms with Crippen molar-refractivity contribution in [1.82, 2.24) is 14.7 Å². The monoisotopic (exact) mass is 469 g/mol. The maximum atomic E-state index is 13.9. The molecule has 1 heterocycles. The first-order chi connectivity index (χ1) is 16.2. The van der Waals surface area contributed by atoms with Crippen molar-refractivity contribution in [3.05, 3.63) is 71.7 Å². The van der Waals surface area contributed by atoms with E-state index in [0.717, 1.165) is 23.5 Å². The van der Waals surface area contributed by atoms with Gasteiger partial charge >= 0.3 is 0 Å². The van der Waals surface area contributed by atoms with Gasteiger partial charge in [-0.25, -0.2) is 9.07 Å². The van der Waals surface area contributed by atoms with E-state index in [-0.39, 0.29) is 18.5 Å². The molecule has 0 bridgehead atoms. The molecule has 0 fully saturated rings. The van der Waals surface area contributed by atoms with Crippen LogP contribution in [-0.2, 0) is 11.3 Å². The van der Waals surface area contributed by atoms with E-state index in [1.54, 1.807) is 16.8 Å². The van der Waals surface area contributed by atoms with Crippen LogP contribution in [0.15, 0.2) is 54.6 Å². The first-order valence-electron chi connectivity index (χ1n) is 11.8. The highest BCUT2D eigenvalue weighted by Crippen LogP contribution is 2.32. The first-order valence-corrected chi connectivity index (χ1v) is 11.8. The lowest BCUT2D eigenvalue weighted by Gasteiger charge is -2.27. The molecule has 0 spiro atoms. The van der Waals surface area contributed by atoms with Crippen molar-refractivity contribution < 1.29 is 19.0 Å². The van der Waals surface area contributed by atoms with E-state index in [0.29, 0.717) is 30.6 Å². The summed E-state index contributed by atoms with van der Waals surface area (Å²) >= 11 is 0. The van der Waals surface area contributed by atoms with Gasteiger partial charge in [-0.2, -0.15) is 5.10 Å². The molecule has 0 saturated carbocycles. The smallest absolute Gasteiger partial charge is 0.227 e. The van der Waals surface area contributed by atoms with Crippen molar-refractivity contribution in [2.45, 2.75) is 53.4 Å². The molecule has 0 radical (unpaired) electrons. The van der Waals surface area contributed by atoms with Crippen molar-refractivity contribution in [2.24, 2.45) is 5.92 Å². The van der Waals surface area contributed by atoms with Crippen LogP contribution in [0.2, 0.25) is 0 Å². The number of benzene rings is 2. The molecular weight excluding hydrogens is 433 g/mol. The number of hydrogen-bond acceptors (Lipinski definition) is 5. The molecule has 0 aliphatic heterocycles. The Hall–Kier alpha value is -2.74. The summed E-state index contributed by atoms with van der Waals surface area (Å²) in [5.41, 5.74) is 2.56. The number of rotatable bonds is 12. The van der Waals surface area contributed by atoms with Crippen LogP contribution in [0.25, 0.3) is 5.69 Å². The fourth-order valence-electron chi connectivity index (χ4n) is 3.81. The number of aliphatic hydroxyl groups is 1. The van der Waals surface area contributed by atoms with Gasteiger partial charge < -0.3 is 14.6 Å². The minimum Gasteiger partial charge on any atom is -0.438 e. The van der Waals surface area contributed by atoms with Crippen LogP contribution in [0.5, 0.6) is 11.6 Å². The van der Waals surface area contributed by atoms with Crippen LogP contribution >= 0.6 is 0 Å². The number of aliphatic hydroxyl groups excluding tert-OH is 1. The molecule has 7 heteroatoms. The Kier molecular flexibility index (Phi) is 9.21. The van der Waals surface area contributed by atoms with Crippen molar-refractivity contribution in [3.63, 3.8) is 0 Å². The Morgan fingerprint density at radius 1 is 1.03 bits per heavy atom. The quantitative estimate of drug-likeness (QED) is 0.387. The van der Waals surface area contributed by atoms with Gasteiger partial charge in [-0.05, 0) is 51.0 Å². The van der Waals surface area contributed by atoms with Crippen LogP contribution in [0, 0.1) is 18.7 Å². The number of para-hydroxylation sites is 1. The van der Waals surface area contributed by atoms with Crippen LogP contribution < -0.4 is 4.74 Å². The summed E-state index contributed by atoms with van der Waals surface area (Å²) in [6.45, 7) is 12.2. The number of hydrogen-bond donors (Lipinski definition) is 1. The van der Waals surface area contributed by atoms with E-state index in [1.807, 2.05) is 51.1 Å². The van der Waals surface area contributed by atoms with Crippen molar-refractivity contribution in [1.29, 1.82) is 0 Å². The predicted octanol–water partition coefficient (Wildman–Crippen LogP) is 5.36. The Morgan fingerprint density at radius 3 is 2.41 bits per heavy atom. The highest BCUT2D eigenvalue weighted by molar-refractivity contribution is 5.43. The molecule has 0 aliphatic rings. The molecule has 1 unspecified atom stereocenters. The molecule has 1 atom stereocenters. The maximum absolute atomic E-state index is 13.9. The van der Waals surface area contributed by atoms with Crippen LogP contribution in [-0.4, -0.2) is 51.7 Å². The SMILES string of the molecule is Cc1nn(-c2ccccc2)c(Oc2cccc(F)c2)c1CN(CC(C)C)CC(O)COC(C)C. The molecule has 2 aromatic carbocycles. The topological polar surface area (TPSA) is 59.8 Å². The zero-order valence-corrected chi connectivity index (χ0v) is 20.7. The molecule has 6 nitrogen and oxygen atoms in total. The molecule has 184 valence electrons. The van der Waals surface area contributed by atoms with Gasteiger partial charge in [-0.15, -0.1) is 0 Å². The standard InChI is InChI=1S/C27H36FN3O3/c1-19(2)15-30(16-24(32)18-33-20(3)4)17-26-21(5)29-31(23-11-7-6-8-12-23)27(26)34-25-13-9-10-22(28)14-25/h6-14,19-20,24,32H,15-18H2,1-5H3.